The van der Waals surface area contributed by atoms with Crippen LogP contribution in [0.1, 0.15) is 27.0 Å². The van der Waals surface area contributed by atoms with Crippen LogP contribution in [0.2, 0.25) is 10.0 Å². The highest BCUT2D eigenvalue weighted by atomic mass is 35.5. The molecule has 0 aliphatic heterocycles. The van der Waals surface area contributed by atoms with E-state index in [0.717, 1.165) is 16.7 Å². The van der Waals surface area contributed by atoms with Crippen molar-refractivity contribution >= 4 is 29.2 Å². The molecule has 0 aliphatic carbocycles. The minimum absolute atomic E-state index is 0.256. The Labute approximate surface area is 133 Å². The minimum Gasteiger partial charge on any atom is -0.488 e. The minimum atomic E-state index is -0.947. The number of benzene rings is 2. The molecule has 0 spiro atoms. The van der Waals surface area contributed by atoms with Gasteiger partial charge in [0.15, 0.2) is 0 Å². The molecule has 3 nitrogen and oxygen atoms in total. The van der Waals surface area contributed by atoms with E-state index in [1.54, 1.807) is 24.3 Å². The largest absolute Gasteiger partial charge is 0.488 e. The Kier molecular flexibility index (Phi) is 4.76. The Morgan fingerprint density at radius 1 is 1.10 bits per heavy atom. The number of ether oxygens (including phenoxy) is 1. The molecule has 5 heteroatoms. The molecule has 0 saturated heterocycles. The molecule has 0 bridgehead atoms. The molecule has 0 fully saturated rings. The Morgan fingerprint density at radius 3 is 2.24 bits per heavy atom. The van der Waals surface area contributed by atoms with Gasteiger partial charge in [-0.3, -0.25) is 0 Å². The number of rotatable bonds is 4. The predicted molar refractivity (Wildman–Crippen MR) is 83.7 cm³/mol. The van der Waals surface area contributed by atoms with Crippen LogP contribution in [-0.2, 0) is 6.61 Å². The van der Waals surface area contributed by atoms with E-state index < -0.39 is 5.97 Å². The second-order valence-electron chi connectivity index (χ2n) is 4.78. The quantitative estimate of drug-likeness (QED) is 0.871. The van der Waals surface area contributed by atoms with Crippen LogP contribution in [0.25, 0.3) is 0 Å². The first-order valence-corrected chi connectivity index (χ1v) is 7.05. The number of hydrogen-bond donors (Lipinski definition) is 1. The zero-order chi connectivity index (χ0) is 15.6. The SMILES string of the molecule is Cc1cc(C(=O)O)cc(C)c1OCc1ccc(Cl)c(Cl)c1. The van der Waals surface area contributed by atoms with Gasteiger partial charge in [0.05, 0.1) is 15.6 Å². The Balaban J connectivity index is 2.20. The van der Waals surface area contributed by atoms with Crippen LogP contribution in [0, 0.1) is 13.8 Å². The number of halogens is 2. The smallest absolute Gasteiger partial charge is 0.335 e. The molecule has 0 aromatic heterocycles. The Bertz CT molecular complexity index is 673. The van der Waals surface area contributed by atoms with Gasteiger partial charge in [-0.25, -0.2) is 4.79 Å². The molecule has 0 unspecified atom stereocenters. The van der Waals surface area contributed by atoms with Gasteiger partial charge in [0, 0.05) is 0 Å². The lowest BCUT2D eigenvalue weighted by Gasteiger charge is -2.13. The highest BCUT2D eigenvalue weighted by Gasteiger charge is 2.11. The molecule has 110 valence electrons. The molecule has 21 heavy (non-hydrogen) atoms. The zero-order valence-corrected chi connectivity index (χ0v) is 13.1. The van der Waals surface area contributed by atoms with Crippen LogP contribution >= 0.6 is 23.2 Å². The van der Waals surface area contributed by atoms with Gasteiger partial charge in [0.1, 0.15) is 12.4 Å². The van der Waals surface area contributed by atoms with Crippen molar-refractivity contribution in [3.8, 4) is 5.75 Å². The summed E-state index contributed by atoms with van der Waals surface area (Å²) in [6, 6.07) is 8.50. The van der Waals surface area contributed by atoms with Gasteiger partial charge in [-0.2, -0.15) is 0 Å². The first-order chi connectivity index (χ1) is 9.88. The molecule has 0 saturated carbocycles. The number of aromatic carboxylic acids is 1. The fraction of sp³-hybridized carbons (Fsp3) is 0.188. The second kappa shape index (κ2) is 6.37. The van der Waals surface area contributed by atoms with Gasteiger partial charge in [0.2, 0.25) is 0 Å². The summed E-state index contributed by atoms with van der Waals surface area (Å²) in [6.45, 7) is 3.98. The molecule has 2 aromatic carbocycles. The van der Waals surface area contributed by atoms with E-state index >= 15 is 0 Å². The first-order valence-electron chi connectivity index (χ1n) is 6.29. The van der Waals surface area contributed by atoms with Crippen molar-refractivity contribution in [2.45, 2.75) is 20.5 Å². The van der Waals surface area contributed by atoms with Crippen molar-refractivity contribution in [3.05, 3.63) is 62.6 Å². The van der Waals surface area contributed by atoms with Crippen LogP contribution in [0.15, 0.2) is 30.3 Å². The molecular formula is C16H14Cl2O3. The molecule has 0 amide bonds. The summed E-state index contributed by atoms with van der Waals surface area (Å²) < 4.78 is 5.79. The molecular weight excluding hydrogens is 311 g/mol. The number of carboxylic acid groups (broad SMARTS) is 1. The molecule has 2 rings (SSSR count). The fourth-order valence-corrected chi connectivity index (χ4v) is 2.41. The summed E-state index contributed by atoms with van der Waals surface area (Å²) in [5, 5.41) is 10.00. The maximum absolute atomic E-state index is 11.0. The van der Waals surface area contributed by atoms with E-state index in [-0.39, 0.29) is 5.56 Å². The maximum atomic E-state index is 11.0. The highest BCUT2D eigenvalue weighted by molar-refractivity contribution is 6.42. The first kappa shape index (κ1) is 15.7. The van der Waals surface area contributed by atoms with Crippen molar-refractivity contribution in [3.63, 3.8) is 0 Å². The van der Waals surface area contributed by atoms with Crippen molar-refractivity contribution < 1.29 is 14.6 Å². The third-order valence-corrected chi connectivity index (χ3v) is 3.81. The van der Waals surface area contributed by atoms with Gasteiger partial charge < -0.3 is 9.84 Å². The molecule has 0 heterocycles. The van der Waals surface area contributed by atoms with E-state index in [9.17, 15) is 4.79 Å². The summed E-state index contributed by atoms with van der Waals surface area (Å²) in [5.41, 5.74) is 2.72. The Hall–Kier alpha value is -1.71. The van der Waals surface area contributed by atoms with Gasteiger partial charge in [-0.15, -0.1) is 0 Å². The lowest BCUT2D eigenvalue weighted by atomic mass is 10.1. The van der Waals surface area contributed by atoms with Gasteiger partial charge in [-0.1, -0.05) is 29.3 Å². The van der Waals surface area contributed by atoms with Crippen LogP contribution in [-0.4, -0.2) is 11.1 Å². The van der Waals surface area contributed by atoms with Gasteiger partial charge >= 0.3 is 5.97 Å². The third-order valence-electron chi connectivity index (χ3n) is 3.07. The van der Waals surface area contributed by atoms with Crippen LogP contribution in [0.5, 0.6) is 5.75 Å². The topological polar surface area (TPSA) is 46.5 Å². The molecule has 0 aliphatic rings. The van der Waals surface area contributed by atoms with E-state index in [4.69, 9.17) is 33.0 Å². The lowest BCUT2D eigenvalue weighted by Crippen LogP contribution is -2.03. The summed E-state index contributed by atoms with van der Waals surface area (Å²) in [6.07, 6.45) is 0. The third kappa shape index (κ3) is 3.69. The highest BCUT2D eigenvalue weighted by Crippen LogP contribution is 2.27. The summed E-state index contributed by atoms with van der Waals surface area (Å²) >= 11 is 11.8. The summed E-state index contributed by atoms with van der Waals surface area (Å²) in [7, 11) is 0. The van der Waals surface area contributed by atoms with Gasteiger partial charge in [0.25, 0.3) is 0 Å². The molecule has 0 atom stereocenters. The van der Waals surface area contributed by atoms with Crippen molar-refractivity contribution in [1.82, 2.24) is 0 Å². The second-order valence-corrected chi connectivity index (χ2v) is 5.60. The van der Waals surface area contributed by atoms with Crippen LogP contribution < -0.4 is 4.74 Å². The molecule has 1 N–H and O–H groups in total. The summed E-state index contributed by atoms with van der Waals surface area (Å²) in [5.74, 6) is -0.261. The maximum Gasteiger partial charge on any atom is 0.335 e. The van der Waals surface area contributed by atoms with Crippen LogP contribution in [0.3, 0.4) is 0 Å². The van der Waals surface area contributed by atoms with Crippen molar-refractivity contribution in [2.75, 3.05) is 0 Å². The predicted octanol–water partition coefficient (Wildman–Crippen LogP) is 4.89. The Morgan fingerprint density at radius 2 is 1.71 bits per heavy atom. The monoisotopic (exact) mass is 324 g/mol. The number of carboxylic acids is 1. The van der Waals surface area contributed by atoms with Crippen LogP contribution in [0.4, 0.5) is 0 Å². The van der Waals surface area contributed by atoms with Crippen molar-refractivity contribution in [1.29, 1.82) is 0 Å². The van der Waals surface area contributed by atoms with Gasteiger partial charge in [-0.05, 0) is 54.8 Å². The van der Waals surface area contributed by atoms with E-state index in [0.29, 0.717) is 22.4 Å². The molecule has 0 radical (unpaired) electrons. The van der Waals surface area contributed by atoms with Crippen molar-refractivity contribution in [2.24, 2.45) is 0 Å². The zero-order valence-electron chi connectivity index (χ0n) is 11.6. The average molecular weight is 325 g/mol. The number of hydrogen-bond acceptors (Lipinski definition) is 2. The lowest BCUT2D eigenvalue weighted by molar-refractivity contribution is 0.0696. The van der Waals surface area contributed by atoms with E-state index in [1.807, 2.05) is 19.9 Å². The number of aryl methyl sites for hydroxylation is 2. The average Bonchev–Trinajstić information content (AvgIpc) is 2.41. The fourth-order valence-electron chi connectivity index (χ4n) is 2.09. The number of carbonyl (C=O) groups is 1. The standard InChI is InChI=1S/C16H14Cl2O3/c1-9-5-12(16(19)20)6-10(2)15(9)21-8-11-3-4-13(17)14(18)7-11/h3-7H,8H2,1-2H3,(H,19,20). The van der Waals surface area contributed by atoms with E-state index in [2.05, 4.69) is 0 Å². The summed E-state index contributed by atoms with van der Waals surface area (Å²) in [4.78, 5) is 11.0. The normalized spacial score (nSPS) is 10.5. The molecule has 2 aromatic rings. The van der Waals surface area contributed by atoms with E-state index in [1.165, 1.54) is 0 Å².